The summed E-state index contributed by atoms with van der Waals surface area (Å²) in [5, 5.41) is 10.8. The molecule has 3 aromatic carbocycles. The third-order valence-electron chi connectivity index (χ3n) is 5.59. The van der Waals surface area contributed by atoms with E-state index in [0.717, 1.165) is 39.5 Å². The van der Waals surface area contributed by atoms with Crippen LogP contribution in [-0.2, 0) is 24.9 Å². The molecular weight excluding hydrogens is 645 g/mol. The Morgan fingerprint density at radius 2 is 1.51 bits per heavy atom. The number of benzene rings is 3. The quantitative estimate of drug-likeness (QED) is 0.128. The van der Waals surface area contributed by atoms with Gasteiger partial charge in [0, 0.05) is 59.9 Å². The Labute approximate surface area is 229 Å². The van der Waals surface area contributed by atoms with Crippen molar-refractivity contribution in [1.82, 2.24) is 9.55 Å². The first-order valence-electron chi connectivity index (χ1n) is 11.4. The van der Waals surface area contributed by atoms with E-state index in [-0.39, 0.29) is 31.6 Å². The number of pyridine rings is 1. The Balaban J connectivity index is 0.000000422. The molecule has 0 spiro atoms. The van der Waals surface area contributed by atoms with Crippen LogP contribution < -0.4 is 9.47 Å². The molecule has 2 heterocycles. The number of ether oxygens (including phenoxy) is 2. The summed E-state index contributed by atoms with van der Waals surface area (Å²) in [6.07, 6.45) is 2.92. The molecule has 5 aromatic rings. The van der Waals surface area contributed by atoms with Gasteiger partial charge >= 0.3 is 0 Å². The van der Waals surface area contributed by atoms with Crippen molar-refractivity contribution in [3.8, 4) is 28.4 Å². The third kappa shape index (κ3) is 6.08. The maximum Gasteiger partial charge on any atom is 0.155 e. The molecule has 2 aromatic heterocycles. The van der Waals surface area contributed by atoms with E-state index in [4.69, 9.17) is 14.6 Å². The number of ketones is 1. The smallest absolute Gasteiger partial charge is 0.155 e. The molecule has 0 unspecified atom stereocenters. The predicted octanol–water partition coefficient (Wildman–Crippen LogP) is 6.70. The molecule has 7 heteroatoms. The maximum atomic E-state index is 10.0. The SMILES string of the molecule is CC(=O)/C=C(/C)O.COc1ccnc(-c2[c-]cc(OC)cc2-n2c3ccccc3c3ccccc32)c1.[Ir]. The molecule has 37 heavy (non-hydrogen) atoms. The summed E-state index contributed by atoms with van der Waals surface area (Å²) >= 11 is 0. The topological polar surface area (TPSA) is 73.6 Å². The summed E-state index contributed by atoms with van der Waals surface area (Å²) < 4.78 is 13.2. The van der Waals surface area contributed by atoms with Crippen molar-refractivity contribution >= 4 is 27.6 Å². The zero-order chi connectivity index (χ0) is 25.7. The number of carbonyl (C=O) groups excluding carboxylic acids is 1. The van der Waals surface area contributed by atoms with E-state index in [0.29, 0.717) is 0 Å². The molecule has 1 radical (unpaired) electrons. The van der Waals surface area contributed by atoms with Crippen molar-refractivity contribution in [1.29, 1.82) is 0 Å². The minimum Gasteiger partial charge on any atom is -0.540 e. The van der Waals surface area contributed by atoms with Crippen molar-refractivity contribution in [2.24, 2.45) is 0 Å². The van der Waals surface area contributed by atoms with Crippen LogP contribution in [-0.4, -0.2) is 34.7 Å². The van der Waals surface area contributed by atoms with E-state index in [1.54, 1.807) is 20.4 Å². The zero-order valence-corrected chi connectivity index (χ0v) is 23.4. The number of rotatable bonds is 5. The van der Waals surface area contributed by atoms with Crippen molar-refractivity contribution in [2.45, 2.75) is 13.8 Å². The van der Waals surface area contributed by atoms with Crippen LogP contribution >= 0.6 is 0 Å². The fourth-order valence-corrected chi connectivity index (χ4v) is 4.12. The first-order chi connectivity index (χ1) is 17.4. The largest absolute Gasteiger partial charge is 0.540 e. The molecular formula is C30H27IrN2O4-. The Morgan fingerprint density at radius 3 is 2.03 bits per heavy atom. The fourth-order valence-electron chi connectivity index (χ4n) is 4.12. The number of carbonyl (C=O) groups is 1. The zero-order valence-electron chi connectivity index (χ0n) is 21.0. The van der Waals surface area contributed by atoms with E-state index in [2.05, 4.69) is 64.1 Å². The van der Waals surface area contributed by atoms with Crippen molar-refractivity contribution in [2.75, 3.05) is 14.2 Å². The first-order valence-corrected chi connectivity index (χ1v) is 11.4. The summed E-state index contributed by atoms with van der Waals surface area (Å²) in [4.78, 5) is 14.6. The van der Waals surface area contributed by atoms with E-state index in [1.165, 1.54) is 30.7 Å². The minimum absolute atomic E-state index is 0. The standard InChI is InChI=1S/C25H19N2O2.C5H8O2.Ir/c1-28-17-11-12-21(22-15-18(29-2)13-14-26-22)25(16-17)27-23-9-5-3-7-19(23)20-8-4-6-10-24(20)27;1-4(6)3-5(2)7;/h3-11,13-16H,1-2H3;3,6H,1-2H3;/q-1;;/b;4-3-;. The van der Waals surface area contributed by atoms with E-state index >= 15 is 0 Å². The van der Waals surface area contributed by atoms with Gasteiger partial charge in [-0.3, -0.25) is 4.79 Å². The number of aliphatic hydroxyl groups is 1. The Morgan fingerprint density at radius 1 is 0.919 bits per heavy atom. The van der Waals surface area contributed by atoms with Crippen molar-refractivity contribution in [3.63, 3.8) is 0 Å². The summed E-state index contributed by atoms with van der Waals surface area (Å²) in [7, 11) is 3.33. The molecule has 0 fully saturated rings. The Kier molecular flexibility index (Phi) is 9.23. The third-order valence-corrected chi connectivity index (χ3v) is 5.59. The number of para-hydroxylation sites is 2. The van der Waals surface area contributed by atoms with Gasteiger partial charge in [-0.15, -0.1) is 17.7 Å². The van der Waals surface area contributed by atoms with Gasteiger partial charge in [0.1, 0.15) is 5.75 Å². The van der Waals surface area contributed by atoms with Gasteiger partial charge in [-0.25, -0.2) is 0 Å². The average molecular weight is 672 g/mol. The van der Waals surface area contributed by atoms with E-state index in [9.17, 15) is 4.79 Å². The molecule has 5 rings (SSSR count). The monoisotopic (exact) mass is 672 g/mol. The van der Waals surface area contributed by atoms with Crippen LogP contribution in [0.2, 0.25) is 0 Å². The van der Waals surface area contributed by atoms with Gasteiger partial charge in [-0.05, 0) is 49.5 Å². The van der Waals surface area contributed by atoms with Gasteiger partial charge in [0.15, 0.2) is 5.78 Å². The van der Waals surface area contributed by atoms with Gasteiger partial charge in [-0.1, -0.05) is 42.5 Å². The molecule has 0 saturated heterocycles. The number of allylic oxidation sites excluding steroid dienone is 2. The summed E-state index contributed by atoms with van der Waals surface area (Å²) in [5.41, 5.74) is 4.89. The predicted molar refractivity (Wildman–Crippen MR) is 143 cm³/mol. The van der Waals surface area contributed by atoms with Crippen molar-refractivity contribution < 1.29 is 39.5 Å². The number of hydrogen-bond donors (Lipinski definition) is 1. The average Bonchev–Trinajstić information content (AvgIpc) is 3.22. The van der Waals surface area contributed by atoms with Crippen LogP contribution in [0.1, 0.15) is 13.8 Å². The molecule has 0 aliphatic heterocycles. The van der Waals surface area contributed by atoms with Crippen LogP contribution in [0.3, 0.4) is 0 Å². The second kappa shape index (κ2) is 12.3. The molecule has 0 aliphatic carbocycles. The summed E-state index contributed by atoms with van der Waals surface area (Å²) in [6.45, 7) is 2.85. The van der Waals surface area contributed by atoms with E-state index < -0.39 is 0 Å². The molecule has 0 bridgehead atoms. The molecule has 0 amide bonds. The summed E-state index contributed by atoms with van der Waals surface area (Å²) in [6, 6.07) is 27.9. The molecule has 6 nitrogen and oxygen atoms in total. The normalized spacial score (nSPS) is 10.9. The van der Waals surface area contributed by atoms with Crippen LogP contribution in [0, 0.1) is 6.07 Å². The molecule has 0 atom stereocenters. The first kappa shape index (κ1) is 27.7. The van der Waals surface area contributed by atoms with Crippen LogP contribution in [0.15, 0.2) is 90.8 Å². The fraction of sp³-hybridized carbons (Fsp3) is 0.133. The van der Waals surface area contributed by atoms with Crippen molar-refractivity contribution in [3.05, 3.63) is 96.9 Å². The molecule has 0 aliphatic rings. The van der Waals surface area contributed by atoms with Crippen LogP contribution in [0.4, 0.5) is 0 Å². The number of aromatic nitrogens is 2. The van der Waals surface area contributed by atoms with E-state index in [1.807, 2.05) is 24.3 Å². The second-order valence-corrected chi connectivity index (χ2v) is 8.15. The number of hydrogen-bond acceptors (Lipinski definition) is 5. The number of nitrogens with zero attached hydrogens (tertiary/aromatic N) is 2. The number of methoxy groups -OCH3 is 2. The van der Waals surface area contributed by atoms with Gasteiger partial charge in [0.25, 0.3) is 0 Å². The summed E-state index contributed by atoms with van der Waals surface area (Å²) in [5.74, 6) is 1.44. The van der Waals surface area contributed by atoms with Crippen LogP contribution in [0.25, 0.3) is 38.8 Å². The number of aliphatic hydroxyl groups excluding tert-OH is 1. The molecule has 191 valence electrons. The van der Waals surface area contributed by atoms with Gasteiger partial charge in [0.05, 0.1) is 20.0 Å². The van der Waals surface area contributed by atoms with Gasteiger partial charge in [-0.2, -0.15) is 0 Å². The Hall–Kier alpha value is -3.93. The van der Waals surface area contributed by atoms with Gasteiger partial charge in [0.2, 0.25) is 0 Å². The number of fused-ring (bicyclic) bond motifs is 3. The molecule has 1 N–H and O–H groups in total. The van der Waals surface area contributed by atoms with Gasteiger partial charge < -0.3 is 24.1 Å². The molecule has 0 saturated carbocycles. The second-order valence-electron chi connectivity index (χ2n) is 8.15. The maximum absolute atomic E-state index is 10.0. The minimum atomic E-state index is -0.125. The Bertz CT molecular complexity index is 1520. The van der Waals surface area contributed by atoms with Crippen LogP contribution in [0.5, 0.6) is 11.5 Å².